The smallest absolute Gasteiger partial charge is 0.233 e. The lowest BCUT2D eigenvalue weighted by molar-refractivity contribution is -0.138. The number of likely N-dealkylation sites (tertiary alicyclic amines) is 1. The van der Waals surface area contributed by atoms with E-state index < -0.39 is 5.41 Å². The minimum atomic E-state index is -0.400. The van der Waals surface area contributed by atoms with Crippen LogP contribution >= 0.6 is 11.6 Å². The molecule has 1 saturated heterocycles. The molecule has 1 saturated carbocycles. The van der Waals surface area contributed by atoms with E-state index in [4.69, 9.17) is 16.1 Å². The van der Waals surface area contributed by atoms with Crippen molar-refractivity contribution in [1.29, 1.82) is 0 Å². The Balaban J connectivity index is 1.28. The lowest BCUT2D eigenvalue weighted by Gasteiger charge is -2.38. The van der Waals surface area contributed by atoms with Gasteiger partial charge in [-0.05, 0) is 43.4 Å². The first-order chi connectivity index (χ1) is 15.2. The van der Waals surface area contributed by atoms with Gasteiger partial charge in [0.05, 0.1) is 5.41 Å². The maximum absolute atomic E-state index is 13.7. The highest BCUT2D eigenvalue weighted by atomic mass is 35.5. The standard InChI is InChI=1S/C25H26ClN3O2/c26-21-10-8-20(9-11-21)25(14-4-5-15-25)24(30)29-16-12-19(13-17-29)23-27-22(28-31-23)18-6-2-1-3-7-18/h1-3,6-11,19H,4-5,12-17H2. The zero-order chi connectivity index (χ0) is 21.3. The minimum Gasteiger partial charge on any atom is -0.342 e. The van der Waals surface area contributed by atoms with E-state index in [1.807, 2.05) is 59.5 Å². The average Bonchev–Trinajstić information content (AvgIpc) is 3.51. The molecule has 2 fully saturated rings. The van der Waals surface area contributed by atoms with Crippen molar-refractivity contribution in [2.45, 2.75) is 49.9 Å². The molecule has 0 spiro atoms. The van der Waals surface area contributed by atoms with E-state index in [1.165, 1.54) is 0 Å². The van der Waals surface area contributed by atoms with E-state index >= 15 is 0 Å². The van der Waals surface area contributed by atoms with Crippen molar-refractivity contribution in [2.75, 3.05) is 13.1 Å². The van der Waals surface area contributed by atoms with E-state index in [1.54, 1.807) is 0 Å². The van der Waals surface area contributed by atoms with Gasteiger partial charge in [-0.25, -0.2) is 0 Å². The monoisotopic (exact) mass is 435 g/mol. The van der Waals surface area contributed by atoms with Gasteiger partial charge in [0, 0.05) is 29.6 Å². The molecule has 1 aliphatic heterocycles. The van der Waals surface area contributed by atoms with Gasteiger partial charge in [0.2, 0.25) is 17.6 Å². The van der Waals surface area contributed by atoms with Crippen LogP contribution in [-0.2, 0) is 10.2 Å². The van der Waals surface area contributed by atoms with Crippen LogP contribution in [0, 0.1) is 0 Å². The number of carbonyl (C=O) groups excluding carboxylic acids is 1. The highest BCUT2D eigenvalue weighted by Crippen LogP contribution is 2.44. The Bertz CT molecular complexity index is 1030. The van der Waals surface area contributed by atoms with Crippen molar-refractivity contribution in [2.24, 2.45) is 0 Å². The van der Waals surface area contributed by atoms with Crippen molar-refractivity contribution in [3.63, 3.8) is 0 Å². The third-order valence-corrected chi connectivity index (χ3v) is 7.12. The predicted molar refractivity (Wildman–Crippen MR) is 120 cm³/mol. The highest BCUT2D eigenvalue weighted by molar-refractivity contribution is 6.30. The van der Waals surface area contributed by atoms with Crippen LogP contribution in [0.1, 0.15) is 55.9 Å². The zero-order valence-corrected chi connectivity index (χ0v) is 18.2. The Hall–Kier alpha value is -2.66. The number of nitrogens with zero attached hydrogens (tertiary/aromatic N) is 3. The van der Waals surface area contributed by atoms with Gasteiger partial charge in [0.1, 0.15) is 0 Å². The third-order valence-electron chi connectivity index (χ3n) is 6.87. The molecule has 6 heteroatoms. The molecule has 0 N–H and O–H groups in total. The summed E-state index contributed by atoms with van der Waals surface area (Å²) in [6, 6.07) is 17.7. The topological polar surface area (TPSA) is 59.2 Å². The first-order valence-electron chi connectivity index (χ1n) is 11.1. The third kappa shape index (κ3) is 3.87. The SMILES string of the molecule is O=C(N1CCC(c2nc(-c3ccccc3)no2)CC1)C1(c2ccc(Cl)cc2)CCCC1. The van der Waals surface area contributed by atoms with E-state index in [-0.39, 0.29) is 11.8 Å². The summed E-state index contributed by atoms with van der Waals surface area (Å²) in [6.07, 6.45) is 5.71. The lowest BCUT2D eigenvalue weighted by Crippen LogP contribution is -2.48. The van der Waals surface area contributed by atoms with Gasteiger partial charge in [-0.1, -0.05) is 72.1 Å². The second kappa shape index (κ2) is 8.46. The molecular formula is C25H26ClN3O2. The van der Waals surface area contributed by atoms with Crippen molar-refractivity contribution in [3.8, 4) is 11.4 Å². The molecule has 31 heavy (non-hydrogen) atoms. The van der Waals surface area contributed by atoms with Crippen molar-refractivity contribution in [1.82, 2.24) is 15.0 Å². The van der Waals surface area contributed by atoms with Crippen LogP contribution in [0.2, 0.25) is 5.02 Å². The maximum atomic E-state index is 13.7. The summed E-state index contributed by atoms with van der Waals surface area (Å²) in [6.45, 7) is 1.45. The van der Waals surface area contributed by atoms with E-state index in [0.717, 1.165) is 62.7 Å². The fourth-order valence-corrected chi connectivity index (χ4v) is 5.24. The van der Waals surface area contributed by atoms with E-state index in [9.17, 15) is 4.79 Å². The van der Waals surface area contributed by atoms with Crippen LogP contribution < -0.4 is 0 Å². The normalized spacial score (nSPS) is 18.9. The molecule has 0 bridgehead atoms. The summed E-state index contributed by atoms with van der Waals surface area (Å²) in [5.41, 5.74) is 1.66. The molecule has 2 heterocycles. The lowest BCUT2D eigenvalue weighted by atomic mass is 9.77. The number of hydrogen-bond donors (Lipinski definition) is 0. The molecule has 3 aromatic rings. The first kappa shape index (κ1) is 20.3. The van der Waals surface area contributed by atoms with Crippen LogP contribution in [0.15, 0.2) is 59.1 Å². The van der Waals surface area contributed by atoms with Crippen molar-refractivity contribution < 1.29 is 9.32 Å². The molecule has 160 valence electrons. The Morgan fingerprint density at radius 2 is 1.68 bits per heavy atom. The van der Waals surface area contributed by atoms with Crippen LogP contribution in [0.5, 0.6) is 0 Å². The Kier molecular flexibility index (Phi) is 5.53. The summed E-state index contributed by atoms with van der Waals surface area (Å²) >= 11 is 6.09. The number of rotatable bonds is 4. The van der Waals surface area contributed by atoms with E-state index in [0.29, 0.717) is 16.7 Å². The molecule has 0 atom stereocenters. The van der Waals surface area contributed by atoms with Gasteiger partial charge in [-0.15, -0.1) is 0 Å². The number of amides is 1. The Labute approximate surface area is 187 Å². The molecule has 2 aromatic carbocycles. The number of aromatic nitrogens is 2. The quantitative estimate of drug-likeness (QED) is 0.534. The van der Waals surface area contributed by atoms with Crippen LogP contribution in [0.3, 0.4) is 0 Å². The van der Waals surface area contributed by atoms with Gasteiger partial charge in [0.15, 0.2) is 0 Å². The molecule has 5 nitrogen and oxygen atoms in total. The van der Waals surface area contributed by atoms with Crippen molar-refractivity contribution >= 4 is 17.5 Å². The van der Waals surface area contributed by atoms with Gasteiger partial charge in [-0.3, -0.25) is 4.79 Å². The molecule has 1 amide bonds. The highest BCUT2D eigenvalue weighted by Gasteiger charge is 2.45. The van der Waals surface area contributed by atoms with Crippen LogP contribution in [0.4, 0.5) is 0 Å². The van der Waals surface area contributed by atoms with E-state index in [2.05, 4.69) is 10.1 Å². The fraction of sp³-hybridized carbons (Fsp3) is 0.400. The molecular weight excluding hydrogens is 410 g/mol. The molecule has 5 rings (SSSR count). The summed E-state index contributed by atoms with van der Waals surface area (Å²) in [7, 11) is 0. The van der Waals surface area contributed by atoms with Gasteiger partial charge in [-0.2, -0.15) is 4.98 Å². The first-order valence-corrected chi connectivity index (χ1v) is 11.5. The summed E-state index contributed by atoms with van der Waals surface area (Å²) < 4.78 is 5.58. The number of halogens is 1. The number of carbonyl (C=O) groups is 1. The fourth-order valence-electron chi connectivity index (χ4n) is 5.11. The Morgan fingerprint density at radius 3 is 2.35 bits per heavy atom. The zero-order valence-electron chi connectivity index (χ0n) is 17.5. The van der Waals surface area contributed by atoms with Gasteiger partial charge >= 0.3 is 0 Å². The minimum absolute atomic E-state index is 0.198. The van der Waals surface area contributed by atoms with Crippen molar-refractivity contribution in [3.05, 3.63) is 71.1 Å². The number of benzene rings is 2. The summed E-state index contributed by atoms with van der Waals surface area (Å²) in [5, 5.41) is 4.87. The average molecular weight is 436 g/mol. The largest absolute Gasteiger partial charge is 0.342 e. The molecule has 0 radical (unpaired) electrons. The maximum Gasteiger partial charge on any atom is 0.233 e. The Morgan fingerprint density at radius 1 is 1.00 bits per heavy atom. The number of piperidine rings is 1. The van der Waals surface area contributed by atoms with Gasteiger partial charge in [0.25, 0.3) is 0 Å². The molecule has 0 unspecified atom stereocenters. The summed E-state index contributed by atoms with van der Waals surface area (Å²) in [4.78, 5) is 20.4. The van der Waals surface area contributed by atoms with Gasteiger partial charge < -0.3 is 9.42 Å². The molecule has 1 aliphatic carbocycles. The summed E-state index contributed by atoms with van der Waals surface area (Å²) in [5.74, 6) is 1.77. The number of hydrogen-bond acceptors (Lipinski definition) is 4. The molecule has 1 aromatic heterocycles. The molecule has 2 aliphatic rings. The van der Waals surface area contributed by atoms with Crippen LogP contribution in [-0.4, -0.2) is 34.0 Å². The predicted octanol–water partition coefficient (Wildman–Crippen LogP) is 5.61. The van der Waals surface area contributed by atoms with Crippen LogP contribution in [0.25, 0.3) is 11.4 Å². The second-order valence-electron chi connectivity index (χ2n) is 8.68. The second-order valence-corrected chi connectivity index (χ2v) is 9.12.